The molecule has 1 saturated heterocycles. The molecule has 0 radical (unpaired) electrons. The third kappa shape index (κ3) is 3.16. The van der Waals surface area contributed by atoms with Crippen molar-refractivity contribution < 1.29 is 24.5 Å². The molecule has 1 atom stereocenters. The summed E-state index contributed by atoms with van der Waals surface area (Å²) in [5.41, 5.74) is 0.686. The van der Waals surface area contributed by atoms with Gasteiger partial charge < -0.3 is 14.9 Å². The Balaban J connectivity index is 1.97. The van der Waals surface area contributed by atoms with Crippen LogP contribution in [-0.4, -0.2) is 44.2 Å². The molecule has 2 N–H and O–H groups in total. The Labute approximate surface area is 174 Å². The van der Waals surface area contributed by atoms with E-state index in [1.807, 2.05) is 0 Å². The van der Waals surface area contributed by atoms with E-state index in [2.05, 4.69) is 15.2 Å². The zero-order chi connectivity index (χ0) is 21.4. The summed E-state index contributed by atoms with van der Waals surface area (Å²) in [6.45, 7) is 1.73. The van der Waals surface area contributed by atoms with Crippen LogP contribution in [0.1, 0.15) is 22.2 Å². The highest BCUT2D eigenvalue weighted by molar-refractivity contribution is 7.15. The molecule has 0 spiro atoms. The number of aliphatic hydroxyl groups excluding tert-OH is 1. The number of carbonyl (C=O) groups excluding carboxylic acids is 2. The van der Waals surface area contributed by atoms with Crippen LogP contribution in [0.4, 0.5) is 5.13 Å². The zero-order valence-corrected chi connectivity index (χ0v) is 16.8. The van der Waals surface area contributed by atoms with E-state index in [0.717, 1.165) is 11.3 Å². The van der Waals surface area contributed by atoms with Crippen molar-refractivity contribution in [1.82, 2.24) is 15.2 Å². The quantitative estimate of drug-likeness (QED) is 0.372. The van der Waals surface area contributed by atoms with Gasteiger partial charge in [-0.3, -0.25) is 19.5 Å². The van der Waals surface area contributed by atoms with Crippen molar-refractivity contribution in [1.29, 1.82) is 0 Å². The number of carbonyl (C=O) groups is 2. The van der Waals surface area contributed by atoms with Crippen LogP contribution >= 0.6 is 11.3 Å². The van der Waals surface area contributed by atoms with Gasteiger partial charge in [0.25, 0.3) is 5.78 Å². The Kier molecular flexibility index (Phi) is 4.92. The second-order valence-corrected chi connectivity index (χ2v) is 7.60. The molecule has 30 heavy (non-hydrogen) atoms. The van der Waals surface area contributed by atoms with Gasteiger partial charge in [0, 0.05) is 18.0 Å². The molecule has 3 heterocycles. The maximum absolute atomic E-state index is 13.0. The van der Waals surface area contributed by atoms with Crippen LogP contribution in [0.25, 0.3) is 5.76 Å². The summed E-state index contributed by atoms with van der Waals surface area (Å²) in [6, 6.07) is 6.53. The monoisotopic (exact) mass is 424 g/mol. The van der Waals surface area contributed by atoms with Crippen LogP contribution in [-0.2, 0) is 9.59 Å². The van der Waals surface area contributed by atoms with Gasteiger partial charge in [-0.05, 0) is 36.8 Å². The average Bonchev–Trinajstić information content (AvgIpc) is 3.29. The number of hydrogen-bond donors (Lipinski definition) is 2. The number of pyridine rings is 1. The van der Waals surface area contributed by atoms with Gasteiger partial charge in [0.2, 0.25) is 5.13 Å². The molecule has 1 fully saturated rings. The van der Waals surface area contributed by atoms with Crippen molar-refractivity contribution >= 4 is 33.9 Å². The van der Waals surface area contributed by atoms with E-state index in [4.69, 9.17) is 4.74 Å². The van der Waals surface area contributed by atoms with Crippen LogP contribution < -0.4 is 9.64 Å². The fourth-order valence-electron chi connectivity index (χ4n) is 3.26. The molecule has 1 aliphatic heterocycles. The lowest BCUT2D eigenvalue weighted by molar-refractivity contribution is -0.132. The smallest absolute Gasteiger partial charge is 0.301 e. The van der Waals surface area contributed by atoms with Crippen molar-refractivity contribution in [2.45, 2.75) is 13.0 Å². The summed E-state index contributed by atoms with van der Waals surface area (Å²) in [5.74, 6) is -1.96. The predicted molar refractivity (Wildman–Crippen MR) is 108 cm³/mol. The molecule has 0 aliphatic carbocycles. The first-order valence-electron chi connectivity index (χ1n) is 8.80. The summed E-state index contributed by atoms with van der Waals surface area (Å²) in [5, 5.41) is 29.7. The van der Waals surface area contributed by atoms with Crippen molar-refractivity contribution in [3.63, 3.8) is 0 Å². The molecule has 1 amide bonds. The first kappa shape index (κ1) is 19.5. The number of phenolic OH excluding ortho intramolecular Hbond substituents is 1. The van der Waals surface area contributed by atoms with Crippen LogP contribution in [0, 0.1) is 6.92 Å². The second kappa shape index (κ2) is 7.56. The SMILES string of the molecule is COc1cc(C2/C(=C(\O)c3ccncc3)C(=O)C(=O)N2c2nnc(C)s2)ccc1O. The van der Waals surface area contributed by atoms with E-state index in [0.29, 0.717) is 16.1 Å². The number of hydrogen-bond acceptors (Lipinski definition) is 9. The number of aliphatic hydroxyl groups is 1. The summed E-state index contributed by atoms with van der Waals surface area (Å²) in [4.78, 5) is 31.0. The van der Waals surface area contributed by atoms with E-state index in [-0.39, 0.29) is 28.0 Å². The topological polar surface area (TPSA) is 126 Å². The number of ketones is 1. The maximum atomic E-state index is 13.0. The molecular weight excluding hydrogens is 408 g/mol. The highest BCUT2D eigenvalue weighted by atomic mass is 32.1. The van der Waals surface area contributed by atoms with E-state index in [1.165, 1.54) is 48.7 Å². The zero-order valence-electron chi connectivity index (χ0n) is 15.9. The third-order valence-electron chi connectivity index (χ3n) is 4.64. The van der Waals surface area contributed by atoms with E-state index in [1.54, 1.807) is 13.0 Å². The van der Waals surface area contributed by atoms with Gasteiger partial charge in [-0.15, -0.1) is 10.2 Å². The number of ether oxygens (including phenoxy) is 1. The summed E-state index contributed by atoms with van der Waals surface area (Å²) < 4.78 is 5.17. The van der Waals surface area contributed by atoms with E-state index >= 15 is 0 Å². The minimum absolute atomic E-state index is 0.0981. The summed E-state index contributed by atoms with van der Waals surface area (Å²) in [6.07, 6.45) is 2.94. The first-order valence-corrected chi connectivity index (χ1v) is 9.62. The van der Waals surface area contributed by atoms with E-state index < -0.39 is 17.7 Å². The molecule has 0 saturated carbocycles. The normalized spacial score (nSPS) is 18.1. The first-order chi connectivity index (χ1) is 14.4. The van der Waals surface area contributed by atoms with E-state index in [9.17, 15) is 19.8 Å². The van der Waals surface area contributed by atoms with Gasteiger partial charge in [-0.25, -0.2) is 0 Å². The Morgan fingerprint density at radius 2 is 1.90 bits per heavy atom. The number of phenols is 1. The molecule has 10 heteroatoms. The van der Waals surface area contributed by atoms with Crippen molar-refractivity contribution in [2.75, 3.05) is 12.0 Å². The Morgan fingerprint density at radius 3 is 2.53 bits per heavy atom. The maximum Gasteiger partial charge on any atom is 0.301 e. The number of methoxy groups -OCH3 is 1. The predicted octanol–water partition coefficient (Wildman–Crippen LogP) is 2.58. The second-order valence-electron chi connectivity index (χ2n) is 6.44. The number of aromatic hydroxyl groups is 1. The minimum Gasteiger partial charge on any atom is -0.507 e. The molecule has 4 rings (SSSR count). The van der Waals surface area contributed by atoms with Gasteiger partial charge in [-0.1, -0.05) is 17.4 Å². The van der Waals surface area contributed by atoms with Crippen molar-refractivity contribution in [3.8, 4) is 11.5 Å². The minimum atomic E-state index is -0.986. The molecule has 1 aliphatic rings. The van der Waals surface area contributed by atoms with Crippen LogP contribution in [0.3, 0.4) is 0 Å². The lowest BCUT2D eigenvalue weighted by Crippen LogP contribution is -2.29. The molecule has 1 aromatic carbocycles. The number of amides is 1. The molecule has 1 unspecified atom stereocenters. The van der Waals surface area contributed by atoms with Crippen LogP contribution in [0.2, 0.25) is 0 Å². The number of aromatic nitrogens is 3. The third-order valence-corrected chi connectivity index (χ3v) is 5.48. The number of Topliss-reactive ketones (excluding diaryl/α,β-unsaturated/α-hetero) is 1. The molecule has 3 aromatic rings. The number of aryl methyl sites for hydroxylation is 1. The van der Waals surface area contributed by atoms with Crippen LogP contribution in [0.5, 0.6) is 11.5 Å². The summed E-state index contributed by atoms with van der Waals surface area (Å²) >= 11 is 1.15. The number of rotatable bonds is 4. The molecule has 0 bridgehead atoms. The van der Waals surface area contributed by atoms with Gasteiger partial charge in [-0.2, -0.15) is 0 Å². The van der Waals surface area contributed by atoms with Gasteiger partial charge in [0.05, 0.1) is 18.7 Å². The Morgan fingerprint density at radius 1 is 1.17 bits per heavy atom. The van der Waals surface area contributed by atoms with Gasteiger partial charge >= 0.3 is 5.91 Å². The highest BCUT2D eigenvalue weighted by Gasteiger charge is 2.48. The number of nitrogens with zero attached hydrogens (tertiary/aromatic N) is 4. The van der Waals surface area contributed by atoms with Gasteiger partial charge in [0.1, 0.15) is 10.8 Å². The molecule has 9 nitrogen and oxygen atoms in total. The molecule has 152 valence electrons. The lowest BCUT2D eigenvalue weighted by atomic mass is 9.95. The summed E-state index contributed by atoms with van der Waals surface area (Å²) in [7, 11) is 1.39. The Hall–Kier alpha value is -3.79. The number of anilines is 1. The number of benzene rings is 1. The lowest BCUT2D eigenvalue weighted by Gasteiger charge is -2.23. The fourth-order valence-corrected chi connectivity index (χ4v) is 3.97. The average molecular weight is 424 g/mol. The van der Waals surface area contributed by atoms with Crippen molar-refractivity contribution in [2.24, 2.45) is 0 Å². The largest absolute Gasteiger partial charge is 0.507 e. The standard InChI is InChI=1S/C20H16N4O5S/c1-10-22-23-20(30-10)24-16(12-3-4-13(25)14(9-12)29-2)15(18(27)19(24)28)17(26)11-5-7-21-8-6-11/h3-9,16,25-26H,1-2H3/b17-15+. The van der Waals surface area contributed by atoms with Crippen molar-refractivity contribution in [3.05, 3.63) is 64.4 Å². The highest BCUT2D eigenvalue weighted by Crippen LogP contribution is 2.44. The van der Waals surface area contributed by atoms with Gasteiger partial charge in [0.15, 0.2) is 11.5 Å². The molecular formula is C20H16N4O5S. The fraction of sp³-hybridized carbons (Fsp3) is 0.150. The van der Waals surface area contributed by atoms with Crippen LogP contribution in [0.15, 0.2) is 48.3 Å². The molecule has 2 aromatic heterocycles. The Bertz CT molecular complexity index is 1170.